The Morgan fingerprint density at radius 3 is 2.64 bits per heavy atom. The van der Waals surface area contributed by atoms with Gasteiger partial charge in [0.25, 0.3) is 0 Å². The number of carbonyl (C=O) groups excluding carboxylic acids is 1. The maximum Gasteiger partial charge on any atom is 0.250 e. The van der Waals surface area contributed by atoms with Gasteiger partial charge < -0.3 is 14.6 Å². The van der Waals surface area contributed by atoms with E-state index in [0.29, 0.717) is 6.54 Å². The predicted octanol–water partition coefficient (Wildman–Crippen LogP) is 1.25. The summed E-state index contributed by atoms with van der Waals surface area (Å²) in [6, 6.07) is 13.4. The molecule has 3 aromatic rings. The molecule has 4 rings (SSSR count). The van der Waals surface area contributed by atoms with Crippen LogP contribution in [0.15, 0.2) is 53.1 Å². The summed E-state index contributed by atoms with van der Waals surface area (Å²) in [7, 11) is 0. The molecule has 1 N–H and O–H groups in total. The number of hydrogen-bond donors (Lipinski definition) is 1. The van der Waals surface area contributed by atoms with Crippen LogP contribution in [0.5, 0.6) is 0 Å². The van der Waals surface area contributed by atoms with Crippen molar-refractivity contribution in [1.29, 1.82) is 0 Å². The number of furan rings is 1. The van der Waals surface area contributed by atoms with Gasteiger partial charge in [-0.2, -0.15) is 4.68 Å². The van der Waals surface area contributed by atoms with Gasteiger partial charge in [-0.1, -0.05) is 23.3 Å². The maximum atomic E-state index is 12.3. The molecule has 9 nitrogen and oxygen atoms in total. The molecule has 0 bridgehead atoms. The van der Waals surface area contributed by atoms with Gasteiger partial charge in [0.15, 0.2) is 0 Å². The summed E-state index contributed by atoms with van der Waals surface area (Å²) in [5.41, 5.74) is 0.927. The molecule has 1 aromatic carbocycles. The molecule has 1 unspecified atom stereocenters. The van der Waals surface area contributed by atoms with Crippen LogP contribution in [-0.2, 0) is 4.79 Å². The number of amides is 1. The summed E-state index contributed by atoms with van der Waals surface area (Å²) in [5, 5.41) is 15.1. The first-order valence-electron chi connectivity index (χ1n) is 9.34. The van der Waals surface area contributed by atoms with Crippen LogP contribution in [0.4, 0.5) is 5.95 Å². The molecule has 1 saturated heterocycles. The zero-order valence-electron chi connectivity index (χ0n) is 15.7. The van der Waals surface area contributed by atoms with Gasteiger partial charge >= 0.3 is 0 Å². The highest BCUT2D eigenvalue weighted by Gasteiger charge is 2.24. The van der Waals surface area contributed by atoms with Crippen molar-refractivity contribution in [3.05, 3.63) is 54.5 Å². The molecule has 3 heterocycles. The number of piperazine rings is 1. The summed E-state index contributed by atoms with van der Waals surface area (Å²) in [6.07, 6.45) is 1.61. The molecule has 1 aliphatic heterocycles. The largest absolute Gasteiger partial charge is 0.467 e. The van der Waals surface area contributed by atoms with E-state index in [-0.39, 0.29) is 11.9 Å². The Labute approximate surface area is 162 Å². The van der Waals surface area contributed by atoms with Crippen LogP contribution < -0.4 is 10.2 Å². The Morgan fingerprint density at radius 1 is 1.14 bits per heavy atom. The first-order chi connectivity index (χ1) is 13.7. The van der Waals surface area contributed by atoms with Crippen LogP contribution in [-0.4, -0.2) is 63.7 Å². The van der Waals surface area contributed by atoms with Gasteiger partial charge in [0.05, 0.1) is 24.5 Å². The van der Waals surface area contributed by atoms with E-state index in [1.165, 1.54) is 0 Å². The number of benzene rings is 1. The number of rotatable bonds is 6. The lowest BCUT2D eigenvalue weighted by molar-refractivity contribution is -0.123. The summed E-state index contributed by atoms with van der Waals surface area (Å²) < 4.78 is 7.08. The number of nitrogens with zero attached hydrogens (tertiary/aromatic N) is 6. The maximum absolute atomic E-state index is 12.3. The monoisotopic (exact) mass is 381 g/mol. The quantitative estimate of drug-likeness (QED) is 0.687. The Balaban J connectivity index is 1.31. The van der Waals surface area contributed by atoms with E-state index in [2.05, 4.69) is 30.6 Å². The van der Waals surface area contributed by atoms with Crippen molar-refractivity contribution in [2.75, 3.05) is 37.6 Å². The molecule has 1 atom stereocenters. The fourth-order valence-electron chi connectivity index (χ4n) is 3.32. The number of aromatic nitrogens is 4. The third-order valence-electron chi connectivity index (χ3n) is 4.82. The molecular weight excluding hydrogens is 358 g/mol. The molecule has 1 aliphatic rings. The standard InChI is InChI=1S/C19H23N7O2/c1-15(17-8-5-13-28-17)20-18(27)14-24-9-11-25(12-10-24)19-21-22-23-26(19)16-6-3-2-4-7-16/h2-8,13,15H,9-12,14H2,1H3,(H,20,27). The smallest absolute Gasteiger partial charge is 0.250 e. The second kappa shape index (κ2) is 8.22. The first-order valence-corrected chi connectivity index (χ1v) is 9.34. The van der Waals surface area contributed by atoms with Crippen LogP contribution in [0, 0.1) is 0 Å². The van der Waals surface area contributed by atoms with Crippen LogP contribution in [0.2, 0.25) is 0 Å². The van der Waals surface area contributed by atoms with Gasteiger partial charge in [-0.05, 0) is 41.6 Å². The summed E-state index contributed by atoms with van der Waals surface area (Å²) in [4.78, 5) is 16.6. The van der Waals surface area contributed by atoms with Gasteiger partial charge in [0, 0.05) is 26.2 Å². The first kappa shape index (κ1) is 18.2. The zero-order valence-corrected chi connectivity index (χ0v) is 15.7. The minimum Gasteiger partial charge on any atom is -0.467 e. The van der Waals surface area contributed by atoms with Gasteiger partial charge in [0.2, 0.25) is 11.9 Å². The Kier molecular flexibility index (Phi) is 5.34. The Hall–Kier alpha value is -3.20. The van der Waals surface area contributed by atoms with Crippen molar-refractivity contribution in [3.63, 3.8) is 0 Å². The molecular formula is C19H23N7O2. The average molecular weight is 381 g/mol. The van der Waals surface area contributed by atoms with Crippen molar-refractivity contribution in [3.8, 4) is 5.69 Å². The van der Waals surface area contributed by atoms with E-state index in [9.17, 15) is 4.79 Å². The number of anilines is 1. The molecule has 2 aromatic heterocycles. The van der Waals surface area contributed by atoms with Crippen molar-refractivity contribution in [2.24, 2.45) is 0 Å². The van der Waals surface area contributed by atoms with Crippen LogP contribution in [0.3, 0.4) is 0 Å². The number of tetrazole rings is 1. The summed E-state index contributed by atoms with van der Waals surface area (Å²) in [5.74, 6) is 1.47. The highest BCUT2D eigenvalue weighted by atomic mass is 16.3. The fourth-order valence-corrected chi connectivity index (χ4v) is 3.32. The normalized spacial score (nSPS) is 16.1. The third-order valence-corrected chi connectivity index (χ3v) is 4.82. The van der Waals surface area contributed by atoms with Crippen molar-refractivity contribution >= 4 is 11.9 Å². The van der Waals surface area contributed by atoms with E-state index < -0.39 is 0 Å². The highest BCUT2D eigenvalue weighted by molar-refractivity contribution is 5.78. The number of hydrogen-bond acceptors (Lipinski definition) is 7. The summed E-state index contributed by atoms with van der Waals surface area (Å²) >= 11 is 0. The van der Waals surface area contributed by atoms with Crippen LogP contribution >= 0.6 is 0 Å². The van der Waals surface area contributed by atoms with Gasteiger partial charge in [-0.3, -0.25) is 9.69 Å². The van der Waals surface area contributed by atoms with Crippen LogP contribution in [0.1, 0.15) is 18.7 Å². The summed E-state index contributed by atoms with van der Waals surface area (Å²) in [6.45, 7) is 5.33. The zero-order chi connectivity index (χ0) is 19.3. The number of carbonyl (C=O) groups is 1. The van der Waals surface area contributed by atoms with E-state index in [0.717, 1.165) is 43.6 Å². The second-order valence-electron chi connectivity index (χ2n) is 6.79. The van der Waals surface area contributed by atoms with Crippen LogP contribution in [0.25, 0.3) is 5.69 Å². The van der Waals surface area contributed by atoms with Crippen molar-refractivity contribution < 1.29 is 9.21 Å². The van der Waals surface area contributed by atoms with Gasteiger partial charge in [0.1, 0.15) is 5.76 Å². The second-order valence-corrected chi connectivity index (χ2v) is 6.79. The predicted molar refractivity (Wildman–Crippen MR) is 103 cm³/mol. The highest BCUT2D eigenvalue weighted by Crippen LogP contribution is 2.17. The lowest BCUT2D eigenvalue weighted by Crippen LogP contribution is -2.50. The van der Waals surface area contributed by atoms with Gasteiger partial charge in [-0.15, -0.1) is 0 Å². The van der Waals surface area contributed by atoms with E-state index >= 15 is 0 Å². The third kappa shape index (κ3) is 4.04. The van der Waals surface area contributed by atoms with Crippen molar-refractivity contribution in [1.82, 2.24) is 30.4 Å². The van der Waals surface area contributed by atoms with E-state index in [1.54, 1.807) is 10.9 Å². The Morgan fingerprint density at radius 2 is 1.93 bits per heavy atom. The molecule has 9 heteroatoms. The molecule has 0 spiro atoms. The molecule has 1 fully saturated rings. The minimum absolute atomic E-state index is 0.00790. The molecule has 0 radical (unpaired) electrons. The molecule has 146 valence electrons. The van der Waals surface area contributed by atoms with E-state index in [4.69, 9.17) is 4.42 Å². The molecule has 28 heavy (non-hydrogen) atoms. The lowest BCUT2D eigenvalue weighted by atomic mass is 10.2. The fraction of sp³-hybridized carbons (Fsp3) is 0.368. The van der Waals surface area contributed by atoms with E-state index in [1.807, 2.05) is 49.4 Å². The van der Waals surface area contributed by atoms with Gasteiger partial charge in [-0.25, -0.2) is 0 Å². The number of para-hydroxylation sites is 1. The molecule has 1 amide bonds. The van der Waals surface area contributed by atoms with Crippen molar-refractivity contribution in [2.45, 2.75) is 13.0 Å². The molecule has 0 saturated carbocycles. The SMILES string of the molecule is CC(NC(=O)CN1CCN(c2nnnn2-c2ccccc2)CC1)c1ccco1. The number of nitrogens with one attached hydrogen (secondary N) is 1. The lowest BCUT2D eigenvalue weighted by Gasteiger charge is -2.34. The average Bonchev–Trinajstić information content (AvgIpc) is 3.41. The Bertz CT molecular complexity index is 886. The minimum atomic E-state index is -0.140. The topological polar surface area (TPSA) is 92.3 Å². The molecule has 0 aliphatic carbocycles.